The maximum absolute atomic E-state index is 13.8. The van der Waals surface area contributed by atoms with E-state index in [2.05, 4.69) is 6.92 Å². The van der Waals surface area contributed by atoms with Gasteiger partial charge in [0.2, 0.25) is 0 Å². The zero-order chi connectivity index (χ0) is 17.6. The van der Waals surface area contributed by atoms with Crippen LogP contribution >= 0.6 is 11.6 Å². The van der Waals surface area contributed by atoms with Crippen LogP contribution in [-0.4, -0.2) is 15.4 Å². The van der Waals surface area contributed by atoms with Crippen LogP contribution < -0.4 is 4.74 Å². The van der Waals surface area contributed by atoms with Gasteiger partial charge in [0, 0.05) is 13.8 Å². The Morgan fingerprint density at radius 1 is 1.08 bits per heavy atom. The molecule has 2 aliphatic rings. The van der Waals surface area contributed by atoms with Crippen molar-refractivity contribution < 1.29 is 9.13 Å². The molecule has 3 rings (SSSR count). The summed E-state index contributed by atoms with van der Waals surface area (Å²) in [5.74, 6) is 2.49. The van der Waals surface area contributed by atoms with Crippen LogP contribution in [0.25, 0.3) is 0 Å². The molecule has 1 nitrogen and oxygen atoms in total. The molecule has 1 aliphatic heterocycles. The second kappa shape index (κ2) is 9.41. The van der Waals surface area contributed by atoms with Crippen molar-refractivity contribution >= 4 is 20.4 Å². The Bertz CT molecular complexity index is 537. The molecule has 1 heterocycles. The van der Waals surface area contributed by atoms with Crippen molar-refractivity contribution in [3.05, 3.63) is 29.0 Å². The fraction of sp³-hybridized carbons (Fsp3) is 0.714. The number of hydrogen-bond acceptors (Lipinski definition) is 1. The first-order valence-corrected chi connectivity index (χ1v) is 12.6. The molecule has 1 aromatic rings. The Balaban J connectivity index is 1.39. The minimum Gasteiger partial charge on any atom is -0.490 e. The fourth-order valence-electron chi connectivity index (χ4n) is 4.75. The molecule has 0 aromatic heterocycles. The van der Waals surface area contributed by atoms with E-state index in [0.29, 0.717) is 23.3 Å². The normalized spacial score (nSPS) is 25.9. The monoisotopic (exact) mass is 381 g/mol. The second-order valence-electron chi connectivity index (χ2n) is 8.00. The highest BCUT2D eigenvalue weighted by atomic mass is 35.5. The van der Waals surface area contributed by atoms with Gasteiger partial charge in [0.1, 0.15) is 0 Å². The molecule has 25 heavy (non-hydrogen) atoms. The van der Waals surface area contributed by atoms with E-state index in [1.807, 2.05) is 0 Å². The van der Waals surface area contributed by atoms with Crippen molar-refractivity contribution in [1.82, 2.24) is 0 Å². The quantitative estimate of drug-likeness (QED) is 0.483. The third-order valence-electron chi connectivity index (χ3n) is 6.27. The third-order valence-corrected chi connectivity index (χ3v) is 9.70. The molecule has 0 amide bonds. The summed E-state index contributed by atoms with van der Waals surface area (Å²) in [7, 11) is 0.00938. The molecule has 1 saturated heterocycles. The topological polar surface area (TPSA) is 9.23 Å². The Morgan fingerprint density at radius 2 is 1.76 bits per heavy atom. The van der Waals surface area contributed by atoms with Gasteiger partial charge in [-0.15, -0.1) is 0 Å². The van der Waals surface area contributed by atoms with Gasteiger partial charge in [0.15, 0.2) is 11.6 Å². The standard InChI is InChI=1S/C21H31ClFOSi/c1-2-11-25-12-9-18(10-13-25)17-5-3-16(4-6-17)15-24-21-8-7-19(22)14-20(21)23/h7-8,14,16-18H,2-6,9-13,15H2,1H3. The Labute approximate surface area is 158 Å². The van der Waals surface area contributed by atoms with Crippen LogP contribution in [-0.2, 0) is 0 Å². The average molecular weight is 382 g/mol. The Morgan fingerprint density at radius 3 is 2.40 bits per heavy atom. The summed E-state index contributed by atoms with van der Waals surface area (Å²) in [4.78, 5) is 0. The lowest BCUT2D eigenvalue weighted by Gasteiger charge is -2.37. The van der Waals surface area contributed by atoms with Crippen LogP contribution in [0.4, 0.5) is 4.39 Å². The Hall–Kier alpha value is -0.543. The van der Waals surface area contributed by atoms with Crippen molar-refractivity contribution in [2.75, 3.05) is 6.61 Å². The predicted molar refractivity (Wildman–Crippen MR) is 106 cm³/mol. The Kier molecular flexibility index (Phi) is 7.24. The van der Waals surface area contributed by atoms with E-state index in [-0.39, 0.29) is 14.6 Å². The highest BCUT2D eigenvalue weighted by Gasteiger charge is 2.31. The smallest absolute Gasteiger partial charge is 0.166 e. The van der Waals surface area contributed by atoms with Crippen molar-refractivity contribution in [2.24, 2.45) is 17.8 Å². The molecular weight excluding hydrogens is 351 g/mol. The van der Waals surface area contributed by atoms with Gasteiger partial charge in [-0.2, -0.15) is 0 Å². The third kappa shape index (κ3) is 5.46. The molecule has 1 radical (unpaired) electrons. The average Bonchev–Trinajstić information content (AvgIpc) is 2.62. The molecule has 0 bridgehead atoms. The molecule has 2 fully saturated rings. The SMILES string of the molecule is CCC[Si]1CCC(C2CCC(COc3ccc(Cl)cc3F)CC2)CC1. The van der Waals surface area contributed by atoms with Crippen molar-refractivity contribution in [2.45, 2.75) is 70.0 Å². The number of halogens is 2. The molecular formula is C21H31ClFOSi. The first kappa shape index (κ1) is 19.2. The fourth-order valence-corrected chi connectivity index (χ4v) is 7.92. The molecule has 1 saturated carbocycles. The zero-order valence-electron chi connectivity index (χ0n) is 15.4. The number of benzene rings is 1. The molecule has 1 aliphatic carbocycles. The summed E-state index contributed by atoms with van der Waals surface area (Å²) in [6.45, 7) is 2.97. The summed E-state index contributed by atoms with van der Waals surface area (Å²) in [5, 5.41) is 0.418. The van der Waals surface area contributed by atoms with E-state index in [9.17, 15) is 4.39 Å². The van der Waals surface area contributed by atoms with Crippen LogP contribution in [0.3, 0.4) is 0 Å². The molecule has 1 aromatic carbocycles. The van der Waals surface area contributed by atoms with E-state index >= 15 is 0 Å². The molecule has 0 spiro atoms. The van der Waals surface area contributed by atoms with Crippen LogP contribution in [0.1, 0.15) is 51.9 Å². The molecule has 4 heteroatoms. The first-order chi connectivity index (χ1) is 12.2. The van der Waals surface area contributed by atoms with E-state index in [1.54, 1.807) is 24.2 Å². The van der Waals surface area contributed by atoms with Crippen molar-refractivity contribution in [3.8, 4) is 5.75 Å². The van der Waals surface area contributed by atoms with Crippen LogP contribution in [0.15, 0.2) is 18.2 Å². The van der Waals surface area contributed by atoms with E-state index < -0.39 is 0 Å². The lowest BCUT2D eigenvalue weighted by molar-refractivity contribution is 0.145. The largest absolute Gasteiger partial charge is 0.490 e. The molecule has 139 valence electrons. The maximum atomic E-state index is 13.8. The van der Waals surface area contributed by atoms with Gasteiger partial charge in [-0.3, -0.25) is 0 Å². The highest BCUT2D eigenvalue weighted by molar-refractivity contribution is 6.58. The van der Waals surface area contributed by atoms with Gasteiger partial charge in [0.05, 0.1) is 6.61 Å². The summed E-state index contributed by atoms with van der Waals surface area (Å²) in [6, 6.07) is 9.30. The van der Waals surface area contributed by atoms with Gasteiger partial charge in [-0.05, 0) is 61.6 Å². The minimum absolute atomic E-state index is 0.00938. The number of rotatable bonds is 6. The van der Waals surface area contributed by atoms with Gasteiger partial charge in [-0.25, -0.2) is 4.39 Å². The van der Waals surface area contributed by atoms with Crippen LogP contribution in [0.2, 0.25) is 23.2 Å². The van der Waals surface area contributed by atoms with Gasteiger partial charge < -0.3 is 4.74 Å². The minimum atomic E-state index is -0.354. The second-order valence-corrected chi connectivity index (χ2v) is 11.4. The van der Waals surface area contributed by atoms with E-state index in [1.165, 1.54) is 57.1 Å². The number of hydrogen-bond donors (Lipinski definition) is 0. The summed E-state index contributed by atoms with van der Waals surface area (Å²) >= 11 is 5.79. The van der Waals surface area contributed by atoms with Crippen molar-refractivity contribution in [3.63, 3.8) is 0 Å². The van der Waals surface area contributed by atoms with E-state index in [4.69, 9.17) is 16.3 Å². The van der Waals surface area contributed by atoms with Crippen molar-refractivity contribution in [1.29, 1.82) is 0 Å². The maximum Gasteiger partial charge on any atom is 0.166 e. The lowest BCUT2D eigenvalue weighted by atomic mass is 9.74. The highest BCUT2D eigenvalue weighted by Crippen LogP contribution is 2.41. The predicted octanol–water partition coefficient (Wildman–Crippen LogP) is 6.98. The summed E-state index contributed by atoms with van der Waals surface area (Å²) in [6.07, 6.45) is 9.55. The molecule has 0 N–H and O–H groups in total. The van der Waals surface area contributed by atoms with E-state index in [0.717, 1.165) is 11.8 Å². The zero-order valence-corrected chi connectivity index (χ0v) is 17.2. The van der Waals surface area contributed by atoms with Crippen LogP contribution in [0, 0.1) is 23.6 Å². The molecule has 0 atom stereocenters. The van der Waals surface area contributed by atoms with Gasteiger partial charge in [0.25, 0.3) is 0 Å². The van der Waals surface area contributed by atoms with Crippen LogP contribution in [0.5, 0.6) is 5.75 Å². The van der Waals surface area contributed by atoms with Gasteiger partial charge >= 0.3 is 0 Å². The summed E-state index contributed by atoms with van der Waals surface area (Å²) in [5.41, 5.74) is 0. The lowest BCUT2D eigenvalue weighted by Crippen LogP contribution is -2.29. The number of ether oxygens (including phenoxy) is 1. The molecule has 0 unspecified atom stereocenters. The first-order valence-electron chi connectivity index (χ1n) is 10.1. The summed E-state index contributed by atoms with van der Waals surface area (Å²) < 4.78 is 19.5. The van der Waals surface area contributed by atoms with Gasteiger partial charge in [-0.1, -0.05) is 55.9 Å².